The monoisotopic (exact) mass is 280 g/mol. The molecular formula is C17H16N2S. The SMILES string of the molecule is CSc1ccc(CNc2cccc3cccnc23)cc1. The molecule has 0 aliphatic carbocycles. The van der Waals surface area contributed by atoms with Gasteiger partial charge in [-0.1, -0.05) is 30.3 Å². The molecule has 0 amide bonds. The fourth-order valence-electron chi connectivity index (χ4n) is 2.19. The highest BCUT2D eigenvalue weighted by Gasteiger charge is 2.01. The normalized spacial score (nSPS) is 10.7. The Morgan fingerprint density at radius 2 is 1.80 bits per heavy atom. The van der Waals surface area contributed by atoms with Gasteiger partial charge in [0.2, 0.25) is 0 Å². The molecule has 100 valence electrons. The van der Waals surface area contributed by atoms with Crippen LogP contribution in [0.15, 0.2) is 65.7 Å². The molecule has 0 saturated heterocycles. The van der Waals surface area contributed by atoms with Crippen molar-refractivity contribution in [1.29, 1.82) is 0 Å². The Morgan fingerprint density at radius 3 is 2.60 bits per heavy atom. The summed E-state index contributed by atoms with van der Waals surface area (Å²) < 4.78 is 0. The summed E-state index contributed by atoms with van der Waals surface area (Å²) in [4.78, 5) is 5.75. The molecule has 0 saturated carbocycles. The first-order valence-corrected chi connectivity index (χ1v) is 7.80. The van der Waals surface area contributed by atoms with Crippen LogP contribution in [0.4, 0.5) is 5.69 Å². The minimum absolute atomic E-state index is 0.810. The molecule has 3 heteroatoms. The van der Waals surface area contributed by atoms with E-state index >= 15 is 0 Å². The van der Waals surface area contributed by atoms with Crippen molar-refractivity contribution < 1.29 is 0 Å². The second-order valence-electron chi connectivity index (χ2n) is 4.58. The van der Waals surface area contributed by atoms with Crippen LogP contribution >= 0.6 is 11.8 Å². The zero-order chi connectivity index (χ0) is 13.8. The topological polar surface area (TPSA) is 24.9 Å². The molecule has 0 fully saturated rings. The summed E-state index contributed by atoms with van der Waals surface area (Å²) in [5, 5.41) is 4.63. The fraction of sp³-hybridized carbons (Fsp3) is 0.118. The number of thioether (sulfide) groups is 1. The van der Waals surface area contributed by atoms with Gasteiger partial charge in [-0.05, 0) is 36.1 Å². The van der Waals surface area contributed by atoms with E-state index in [9.17, 15) is 0 Å². The van der Waals surface area contributed by atoms with Crippen LogP contribution in [0.25, 0.3) is 10.9 Å². The highest BCUT2D eigenvalue weighted by molar-refractivity contribution is 7.98. The lowest BCUT2D eigenvalue weighted by atomic mass is 10.1. The van der Waals surface area contributed by atoms with E-state index < -0.39 is 0 Å². The molecule has 0 aliphatic rings. The number of benzene rings is 2. The van der Waals surface area contributed by atoms with Crippen LogP contribution in [0, 0.1) is 0 Å². The maximum Gasteiger partial charge on any atom is 0.0933 e. The second kappa shape index (κ2) is 5.97. The number of fused-ring (bicyclic) bond motifs is 1. The van der Waals surface area contributed by atoms with Crippen LogP contribution in [0.1, 0.15) is 5.56 Å². The number of aromatic nitrogens is 1. The molecule has 2 nitrogen and oxygen atoms in total. The van der Waals surface area contributed by atoms with Gasteiger partial charge in [0.05, 0.1) is 11.2 Å². The number of nitrogens with zero attached hydrogens (tertiary/aromatic N) is 1. The second-order valence-corrected chi connectivity index (χ2v) is 5.46. The van der Waals surface area contributed by atoms with Gasteiger partial charge in [0.25, 0.3) is 0 Å². The Labute approximate surface area is 123 Å². The molecule has 0 radical (unpaired) electrons. The molecule has 0 unspecified atom stereocenters. The van der Waals surface area contributed by atoms with Gasteiger partial charge in [-0.2, -0.15) is 0 Å². The maximum absolute atomic E-state index is 4.45. The number of para-hydroxylation sites is 1. The molecule has 0 bridgehead atoms. The number of anilines is 1. The minimum atomic E-state index is 0.810. The number of rotatable bonds is 4. The highest BCUT2D eigenvalue weighted by Crippen LogP contribution is 2.21. The maximum atomic E-state index is 4.45. The van der Waals surface area contributed by atoms with Crippen LogP contribution in [-0.2, 0) is 6.54 Å². The average molecular weight is 280 g/mol. The predicted octanol–water partition coefficient (Wildman–Crippen LogP) is 4.57. The highest BCUT2D eigenvalue weighted by atomic mass is 32.2. The van der Waals surface area contributed by atoms with Crippen molar-refractivity contribution in [3.8, 4) is 0 Å². The summed E-state index contributed by atoms with van der Waals surface area (Å²) >= 11 is 1.76. The third kappa shape index (κ3) is 2.78. The Kier molecular flexibility index (Phi) is 3.88. The van der Waals surface area contributed by atoms with Gasteiger partial charge >= 0.3 is 0 Å². The largest absolute Gasteiger partial charge is 0.379 e. The van der Waals surface area contributed by atoms with Crippen molar-refractivity contribution >= 4 is 28.4 Å². The molecule has 1 aromatic heterocycles. The van der Waals surface area contributed by atoms with E-state index in [1.807, 2.05) is 12.3 Å². The Bertz CT molecular complexity index is 702. The van der Waals surface area contributed by atoms with E-state index in [0.717, 1.165) is 23.1 Å². The van der Waals surface area contributed by atoms with Crippen LogP contribution in [0.3, 0.4) is 0 Å². The standard InChI is InChI=1S/C17H16N2S/c1-20-15-9-7-13(8-10-15)12-19-16-6-2-4-14-5-3-11-18-17(14)16/h2-11,19H,12H2,1H3. The minimum Gasteiger partial charge on any atom is -0.379 e. The van der Waals surface area contributed by atoms with Crippen LogP contribution in [0.2, 0.25) is 0 Å². The number of hydrogen-bond donors (Lipinski definition) is 1. The summed E-state index contributed by atoms with van der Waals surface area (Å²) in [5.74, 6) is 0. The van der Waals surface area contributed by atoms with Crippen molar-refractivity contribution in [2.75, 3.05) is 11.6 Å². The average Bonchev–Trinajstić information content (AvgIpc) is 2.53. The fourth-order valence-corrected chi connectivity index (χ4v) is 2.60. The Balaban J connectivity index is 1.79. The summed E-state index contributed by atoms with van der Waals surface area (Å²) in [5.41, 5.74) is 3.38. The lowest BCUT2D eigenvalue weighted by molar-refractivity contribution is 1.14. The third-order valence-corrected chi connectivity index (χ3v) is 4.02. The van der Waals surface area contributed by atoms with Gasteiger partial charge in [-0.25, -0.2) is 0 Å². The third-order valence-electron chi connectivity index (χ3n) is 3.27. The first-order valence-electron chi connectivity index (χ1n) is 6.57. The quantitative estimate of drug-likeness (QED) is 0.709. The van der Waals surface area contributed by atoms with Gasteiger partial charge in [0.15, 0.2) is 0 Å². The van der Waals surface area contributed by atoms with Crippen LogP contribution in [0.5, 0.6) is 0 Å². The van der Waals surface area contributed by atoms with E-state index in [-0.39, 0.29) is 0 Å². The number of pyridine rings is 1. The lowest BCUT2D eigenvalue weighted by Crippen LogP contribution is -2.00. The number of hydrogen-bond acceptors (Lipinski definition) is 3. The first kappa shape index (κ1) is 13.0. The van der Waals surface area contributed by atoms with Crippen molar-refractivity contribution in [1.82, 2.24) is 4.98 Å². The molecule has 1 heterocycles. The van der Waals surface area contributed by atoms with Crippen LogP contribution in [-0.4, -0.2) is 11.2 Å². The molecule has 0 aliphatic heterocycles. The smallest absolute Gasteiger partial charge is 0.0933 e. The van der Waals surface area contributed by atoms with E-state index in [1.54, 1.807) is 11.8 Å². The van der Waals surface area contributed by atoms with Gasteiger partial charge < -0.3 is 5.32 Å². The molecule has 3 rings (SSSR count). The van der Waals surface area contributed by atoms with Gasteiger partial charge in [0.1, 0.15) is 0 Å². The molecule has 0 atom stereocenters. The van der Waals surface area contributed by atoms with Crippen molar-refractivity contribution in [2.24, 2.45) is 0 Å². The van der Waals surface area contributed by atoms with Crippen LogP contribution < -0.4 is 5.32 Å². The summed E-state index contributed by atoms with van der Waals surface area (Å²) in [6.45, 7) is 0.810. The molecule has 2 aromatic carbocycles. The Hall–Kier alpha value is -2.00. The molecule has 0 spiro atoms. The van der Waals surface area contributed by atoms with Crippen molar-refractivity contribution in [2.45, 2.75) is 11.4 Å². The molecule has 3 aromatic rings. The lowest BCUT2D eigenvalue weighted by Gasteiger charge is -2.09. The summed E-state index contributed by atoms with van der Waals surface area (Å²) in [7, 11) is 0. The van der Waals surface area contributed by atoms with E-state index in [0.29, 0.717) is 0 Å². The first-order chi connectivity index (χ1) is 9.86. The predicted molar refractivity (Wildman–Crippen MR) is 87.3 cm³/mol. The van der Waals surface area contributed by atoms with Gasteiger partial charge in [0, 0.05) is 23.0 Å². The summed E-state index contributed by atoms with van der Waals surface area (Å²) in [6, 6.07) is 18.9. The summed E-state index contributed by atoms with van der Waals surface area (Å²) in [6.07, 6.45) is 3.93. The molecule has 20 heavy (non-hydrogen) atoms. The van der Waals surface area contributed by atoms with E-state index in [2.05, 4.69) is 65.1 Å². The van der Waals surface area contributed by atoms with Crippen molar-refractivity contribution in [3.63, 3.8) is 0 Å². The molecular weight excluding hydrogens is 264 g/mol. The van der Waals surface area contributed by atoms with Gasteiger partial charge in [-0.15, -0.1) is 11.8 Å². The van der Waals surface area contributed by atoms with Gasteiger partial charge in [-0.3, -0.25) is 4.98 Å². The van der Waals surface area contributed by atoms with E-state index in [4.69, 9.17) is 0 Å². The number of nitrogens with one attached hydrogen (secondary N) is 1. The van der Waals surface area contributed by atoms with Crippen molar-refractivity contribution in [3.05, 3.63) is 66.4 Å². The van der Waals surface area contributed by atoms with E-state index in [1.165, 1.54) is 10.5 Å². The Morgan fingerprint density at radius 1 is 1.00 bits per heavy atom. The molecule has 1 N–H and O–H groups in total. The zero-order valence-corrected chi connectivity index (χ0v) is 12.2. The zero-order valence-electron chi connectivity index (χ0n) is 11.3.